The van der Waals surface area contributed by atoms with Crippen molar-refractivity contribution in [2.75, 3.05) is 0 Å². The Morgan fingerprint density at radius 3 is 2.65 bits per heavy atom. The highest BCUT2D eigenvalue weighted by atomic mass is 16.3. The van der Waals surface area contributed by atoms with Gasteiger partial charge in [0.1, 0.15) is 5.69 Å². The summed E-state index contributed by atoms with van der Waals surface area (Å²) in [5.74, 6) is 0.743. The smallest absolute Gasteiger partial charge is 0.271 e. The van der Waals surface area contributed by atoms with Crippen LogP contribution in [0.15, 0.2) is 64.0 Å². The molecule has 0 bridgehead atoms. The van der Waals surface area contributed by atoms with E-state index in [4.69, 9.17) is 4.42 Å². The lowest BCUT2D eigenvalue weighted by atomic mass is 10.2. The van der Waals surface area contributed by atoms with Crippen molar-refractivity contribution in [3.63, 3.8) is 0 Å². The van der Waals surface area contributed by atoms with Gasteiger partial charge in [-0.25, -0.2) is 9.03 Å². The zero-order chi connectivity index (χ0) is 13.7. The molecule has 4 heteroatoms. The standard InChI is InChI=1S/C16H12N2O2/c1-11-9-16(19)18-13-6-3-2-5-12(13)10-14(17(11)18)15-7-4-8-20-15/h2-10H,1H3. The van der Waals surface area contributed by atoms with Gasteiger partial charge in [0, 0.05) is 17.1 Å². The minimum Gasteiger partial charge on any atom is -0.463 e. The van der Waals surface area contributed by atoms with Crippen LogP contribution < -0.4 is 5.56 Å². The number of furan rings is 1. The highest BCUT2D eigenvalue weighted by Crippen LogP contribution is 2.24. The predicted octanol–water partition coefficient (Wildman–Crippen LogP) is 3.12. The van der Waals surface area contributed by atoms with Crippen molar-refractivity contribution in [2.24, 2.45) is 0 Å². The van der Waals surface area contributed by atoms with Crippen LogP contribution in [0, 0.1) is 6.92 Å². The van der Waals surface area contributed by atoms with E-state index in [-0.39, 0.29) is 5.56 Å². The topological polar surface area (TPSA) is 39.0 Å². The van der Waals surface area contributed by atoms with Gasteiger partial charge in [0.05, 0.1) is 11.8 Å². The second kappa shape index (κ2) is 3.87. The summed E-state index contributed by atoms with van der Waals surface area (Å²) < 4.78 is 9.08. The largest absolute Gasteiger partial charge is 0.463 e. The minimum atomic E-state index is -0.0351. The zero-order valence-corrected chi connectivity index (χ0v) is 10.9. The first-order valence-electron chi connectivity index (χ1n) is 6.43. The van der Waals surface area contributed by atoms with Crippen LogP contribution in [0.1, 0.15) is 5.69 Å². The summed E-state index contributed by atoms with van der Waals surface area (Å²) in [6.07, 6.45) is 1.64. The lowest BCUT2D eigenvalue weighted by Gasteiger charge is -2.10. The zero-order valence-electron chi connectivity index (χ0n) is 10.9. The number of nitrogens with zero attached hydrogens (tertiary/aromatic N) is 2. The van der Waals surface area contributed by atoms with Crippen LogP contribution >= 0.6 is 0 Å². The maximum atomic E-state index is 12.2. The lowest BCUT2D eigenvalue weighted by Crippen LogP contribution is -2.13. The van der Waals surface area contributed by atoms with Crippen molar-refractivity contribution < 1.29 is 4.42 Å². The molecule has 0 aliphatic carbocycles. The van der Waals surface area contributed by atoms with Gasteiger partial charge < -0.3 is 4.42 Å². The Kier molecular flexibility index (Phi) is 2.15. The van der Waals surface area contributed by atoms with E-state index in [9.17, 15) is 4.79 Å². The number of hydrogen-bond acceptors (Lipinski definition) is 2. The molecule has 0 saturated heterocycles. The summed E-state index contributed by atoms with van der Waals surface area (Å²) >= 11 is 0. The summed E-state index contributed by atoms with van der Waals surface area (Å²) in [7, 11) is 0. The molecule has 0 spiro atoms. The van der Waals surface area contributed by atoms with E-state index in [0.717, 1.165) is 28.1 Å². The van der Waals surface area contributed by atoms with Crippen molar-refractivity contribution in [2.45, 2.75) is 6.92 Å². The monoisotopic (exact) mass is 264 g/mol. The van der Waals surface area contributed by atoms with E-state index in [1.54, 1.807) is 16.8 Å². The lowest BCUT2D eigenvalue weighted by molar-refractivity contribution is 0.575. The molecule has 0 amide bonds. The first-order valence-corrected chi connectivity index (χ1v) is 6.43. The van der Waals surface area contributed by atoms with Gasteiger partial charge in [-0.1, -0.05) is 18.2 Å². The van der Waals surface area contributed by atoms with Gasteiger partial charge in [-0.15, -0.1) is 0 Å². The van der Waals surface area contributed by atoms with Crippen LogP contribution in [-0.2, 0) is 0 Å². The number of rotatable bonds is 1. The first kappa shape index (κ1) is 11.1. The number of benzene rings is 1. The molecule has 0 aliphatic heterocycles. The molecule has 0 fully saturated rings. The van der Waals surface area contributed by atoms with Crippen molar-refractivity contribution in [3.8, 4) is 11.5 Å². The molecule has 4 rings (SSSR count). The van der Waals surface area contributed by atoms with Gasteiger partial charge in [0.25, 0.3) is 5.56 Å². The van der Waals surface area contributed by atoms with Gasteiger partial charge in [0.15, 0.2) is 5.76 Å². The third kappa shape index (κ3) is 1.39. The number of aromatic nitrogens is 2. The molecule has 20 heavy (non-hydrogen) atoms. The summed E-state index contributed by atoms with van der Waals surface area (Å²) in [5.41, 5.74) is 2.61. The van der Waals surface area contributed by atoms with Crippen molar-refractivity contribution in [1.82, 2.24) is 9.03 Å². The van der Waals surface area contributed by atoms with Crippen LogP contribution in [-0.4, -0.2) is 9.03 Å². The van der Waals surface area contributed by atoms with Crippen LogP contribution in [0.3, 0.4) is 0 Å². The fourth-order valence-corrected chi connectivity index (χ4v) is 2.69. The number of hydrogen-bond donors (Lipinski definition) is 0. The van der Waals surface area contributed by atoms with Gasteiger partial charge in [-0.05, 0) is 31.2 Å². The fourth-order valence-electron chi connectivity index (χ4n) is 2.69. The average molecular weight is 264 g/mol. The second-order valence-corrected chi connectivity index (χ2v) is 4.81. The Morgan fingerprint density at radius 1 is 1.00 bits per heavy atom. The van der Waals surface area contributed by atoms with Gasteiger partial charge in [0.2, 0.25) is 0 Å². The van der Waals surface area contributed by atoms with Crippen LogP contribution in [0.25, 0.3) is 22.4 Å². The van der Waals surface area contributed by atoms with E-state index in [2.05, 4.69) is 0 Å². The van der Waals surface area contributed by atoms with Gasteiger partial charge in [-0.2, -0.15) is 0 Å². The molecule has 3 aromatic heterocycles. The second-order valence-electron chi connectivity index (χ2n) is 4.81. The molecule has 98 valence electrons. The Balaban J connectivity index is 2.31. The SMILES string of the molecule is Cc1cc(=O)n2c3ccccc3cc(-c3ccco3)n12. The molecular weight excluding hydrogens is 252 g/mol. The first-order chi connectivity index (χ1) is 9.75. The third-order valence-electron chi connectivity index (χ3n) is 3.53. The molecule has 0 unspecified atom stereocenters. The Labute approximate surface area is 114 Å². The molecular formula is C16H12N2O2. The third-order valence-corrected chi connectivity index (χ3v) is 3.53. The normalized spacial score (nSPS) is 11.4. The van der Waals surface area contributed by atoms with E-state index in [1.807, 2.05) is 53.9 Å². The van der Waals surface area contributed by atoms with Gasteiger partial charge >= 0.3 is 0 Å². The Hall–Kier alpha value is -2.75. The van der Waals surface area contributed by atoms with Crippen molar-refractivity contribution in [1.29, 1.82) is 0 Å². The molecule has 3 heterocycles. The molecule has 0 N–H and O–H groups in total. The Morgan fingerprint density at radius 2 is 1.85 bits per heavy atom. The molecule has 0 aliphatic rings. The molecule has 4 nitrogen and oxygen atoms in total. The number of aryl methyl sites for hydroxylation is 1. The summed E-state index contributed by atoms with van der Waals surface area (Å²) in [4.78, 5) is 12.2. The number of para-hydroxylation sites is 1. The van der Waals surface area contributed by atoms with E-state index in [1.165, 1.54) is 0 Å². The van der Waals surface area contributed by atoms with Crippen LogP contribution in [0.4, 0.5) is 0 Å². The summed E-state index contributed by atoms with van der Waals surface area (Å²) in [6.45, 7) is 1.92. The summed E-state index contributed by atoms with van der Waals surface area (Å²) in [5, 5.41) is 1.01. The maximum absolute atomic E-state index is 12.2. The quantitative estimate of drug-likeness (QED) is 0.530. The summed E-state index contributed by atoms with van der Waals surface area (Å²) in [6, 6.07) is 15.3. The minimum absolute atomic E-state index is 0.0351. The molecule has 1 aromatic carbocycles. The highest BCUT2D eigenvalue weighted by Gasteiger charge is 2.13. The van der Waals surface area contributed by atoms with Crippen molar-refractivity contribution in [3.05, 3.63) is 70.8 Å². The molecule has 0 radical (unpaired) electrons. The van der Waals surface area contributed by atoms with Crippen molar-refractivity contribution >= 4 is 10.9 Å². The van der Waals surface area contributed by atoms with E-state index >= 15 is 0 Å². The van der Waals surface area contributed by atoms with E-state index < -0.39 is 0 Å². The highest BCUT2D eigenvalue weighted by molar-refractivity contribution is 5.82. The molecule has 4 aromatic rings. The molecule has 0 saturated carbocycles. The van der Waals surface area contributed by atoms with E-state index in [0.29, 0.717) is 0 Å². The predicted molar refractivity (Wildman–Crippen MR) is 77.1 cm³/mol. The number of fused-ring (bicyclic) bond motifs is 3. The maximum Gasteiger partial charge on any atom is 0.271 e. The average Bonchev–Trinajstić information content (AvgIpc) is 3.07. The van der Waals surface area contributed by atoms with Crippen LogP contribution in [0.2, 0.25) is 0 Å². The van der Waals surface area contributed by atoms with Crippen LogP contribution in [0.5, 0.6) is 0 Å². The molecule has 0 atom stereocenters. The fraction of sp³-hybridized carbons (Fsp3) is 0.0625. The van der Waals surface area contributed by atoms with Gasteiger partial charge in [-0.3, -0.25) is 4.79 Å². The Bertz CT molecular complexity index is 975.